The van der Waals surface area contributed by atoms with Gasteiger partial charge in [-0.25, -0.2) is 4.98 Å². The fraction of sp³-hybridized carbons (Fsp3) is 0.706. The van der Waals surface area contributed by atoms with Gasteiger partial charge in [-0.3, -0.25) is 0 Å². The summed E-state index contributed by atoms with van der Waals surface area (Å²) in [6.07, 6.45) is 6.64. The lowest BCUT2D eigenvalue weighted by Gasteiger charge is -2.39. The van der Waals surface area contributed by atoms with Gasteiger partial charge in [0.15, 0.2) is 0 Å². The predicted molar refractivity (Wildman–Crippen MR) is 88.6 cm³/mol. The molecule has 0 atom stereocenters. The molecule has 1 aliphatic rings. The molecule has 0 radical (unpaired) electrons. The van der Waals surface area contributed by atoms with Crippen molar-refractivity contribution in [2.75, 3.05) is 0 Å². The maximum absolute atomic E-state index is 4.48. The lowest BCUT2D eigenvalue weighted by Crippen LogP contribution is -2.36. The highest BCUT2D eigenvalue weighted by Gasteiger charge is 2.31. The molecule has 0 spiro atoms. The van der Waals surface area contributed by atoms with Crippen LogP contribution in [0, 0.1) is 11.3 Å². The number of hydrogen-bond donors (Lipinski definition) is 1. The summed E-state index contributed by atoms with van der Waals surface area (Å²) in [4.78, 5) is 4.48. The summed E-state index contributed by atoms with van der Waals surface area (Å²) in [5, 5.41) is 3.67. The molecule has 0 saturated heterocycles. The molecule has 20 heavy (non-hydrogen) atoms. The van der Waals surface area contributed by atoms with Crippen molar-refractivity contribution in [3.8, 4) is 0 Å². The molecule has 1 aromatic rings. The second kappa shape index (κ2) is 7.04. The minimum absolute atomic E-state index is 0.511. The van der Waals surface area contributed by atoms with E-state index in [2.05, 4.69) is 59.1 Å². The molecule has 1 saturated carbocycles. The van der Waals surface area contributed by atoms with Gasteiger partial charge in [0.1, 0.15) is 4.60 Å². The standard InChI is InChI=1S/C17H27BrN2/c1-4-17(2,3)13-8-10-14(11-9-13)19-12-15-6-5-7-16(18)20-15/h5-7,13-14,19H,4,8-12H2,1-3H3. The van der Waals surface area contributed by atoms with Crippen molar-refractivity contribution in [2.24, 2.45) is 11.3 Å². The van der Waals surface area contributed by atoms with Crippen LogP contribution in [-0.2, 0) is 6.54 Å². The Balaban J connectivity index is 1.77. The average Bonchev–Trinajstić information content (AvgIpc) is 2.46. The normalized spacial score (nSPS) is 23.8. The first-order chi connectivity index (χ1) is 9.51. The second-order valence-corrected chi connectivity index (χ2v) is 7.54. The Kier molecular flexibility index (Phi) is 5.62. The number of rotatable bonds is 5. The third-order valence-electron chi connectivity index (χ3n) is 5.09. The molecule has 1 N–H and O–H groups in total. The first kappa shape index (κ1) is 16.0. The van der Waals surface area contributed by atoms with Crippen molar-refractivity contribution in [1.82, 2.24) is 10.3 Å². The van der Waals surface area contributed by atoms with Crippen LogP contribution < -0.4 is 5.32 Å². The van der Waals surface area contributed by atoms with Crippen LogP contribution in [0.1, 0.15) is 58.6 Å². The maximum Gasteiger partial charge on any atom is 0.106 e. The number of aromatic nitrogens is 1. The molecule has 112 valence electrons. The van der Waals surface area contributed by atoms with Crippen molar-refractivity contribution < 1.29 is 0 Å². The average molecular weight is 339 g/mol. The fourth-order valence-electron chi connectivity index (χ4n) is 3.17. The Morgan fingerprint density at radius 3 is 2.55 bits per heavy atom. The van der Waals surface area contributed by atoms with Crippen LogP contribution in [0.25, 0.3) is 0 Å². The van der Waals surface area contributed by atoms with Crippen LogP contribution in [-0.4, -0.2) is 11.0 Å². The summed E-state index contributed by atoms with van der Waals surface area (Å²) in [7, 11) is 0. The zero-order chi connectivity index (χ0) is 14.6. The van der Waals surface area contributed by atoms with Gasteiger partial charge in [-0.1, -0.05) is 33.3 Å². The zero-order valence-electron chi connectivity index (χ0n) is 13.0. The molecule has 0 aromatic carbocycles. The molecule has 1 fully saturated rings. The minimum atomic E-state index is 0.511. The van der Waals surface area contributed by atoms with Crippen molar-refractivity contribution in [1.29, 1.82) is 0 Å². The molecule has 0 unspecified atom stereocenters. The topological polar surface area (TPSA) is 24.9 Å². The third kappa shape index (κ3) is 4.29. The molecule has 0 bridgehead atoms. The van der Waals surface area contributed by atoms with Gasteiger partial charge in [0.2, 0.25) is 0 Å². The first-order valence-corrected chi connectivity index (χ1v) is 8.65. The molecule has 0 aliphatic heterocycles. The van der Waals surface area contributed by atoms with Crippen LogP contribution in [0.15, 0.2) is 22.8 Å². The van der Waals surface area contributed by atoms with E-state index in [0.29, 0.717) is 11.5 Å². The molecule has 2 nitrogen and oxygen atoms in total. The van der Waals surface area contributed by atoms with Crippen LogP contribution in [0.3, 0.4) is 0 Å². The van der Waals surface area contributed by atoms with Crippen LogP contribution >= 0.6 is 15.9 Å². The molecule has 1 heterocycles. The molecule has 3 heteroatoms. The number of pyridine rings is 1. The Bertz CT molecular complexity index is 423. The summed E-state index contributed by atoms with van der Waals surface area (Å²) in [6.45, 7) is 8.06. The summed E-state index contributed by atoms with van der Waals surface area (Å²) in [5.74, 6) is 0.898. The highest BCUT2D eigenvalue weighted by molar-refractivity contribution is 9.10. The van der Waals surface area contributed by atoms with Gasteiger partial charge in [-0.15, -0.1) is 0 Å². The Hall–Kier alpha value is -0.410. The van der Waals surface area contributed by atoms with Gasteiger partial charge >= 0.3 is 0 Å². The first-order valence-electron chi connectivity index (χ1n) is 7.86. The van der Waals surface area contributed by atoms with Gasteiger partial charge in [-0.05, 0) is 65.1 Å². The van der Waals surface area contributed by atoms with Crippen molar-refractivity contribution >= 4 is 15.9 Å². The fourth-order valence-corrected chi connectivity index (χ4v) is 3.55. The van der Waals surface area contributed by atoms with E-state index < -0.39 is 0 Å². The van der Waals surface area contributed by atoms with Crippen LogP contribution in [0.2, 0.25) is 0 Å². The largest absolute Gasteiger partial charge is 0.308 e. The molecule has 1 aliphatic carbocycles. The summed E-state index contributed by atoms with van der Waals surface area (Å²) in [6, 6.07) is 6.78. The SMILES string of the molecule is CCC(C)(C)C1CCC(NCc2cccc(Br)n2)CC1. The van der Waals surface area contributed by atoms with Crippen LogP contribution in [0.5, 0.6) is 0 Å². The van der Waals surface area contributed by atoms with E-state index in [9.17, 15) is 0 Å². The number of halogens is 1. The number of nitrogens with zero attached hydrogens (tertiary/aromatic N) is 1. The highest BCUT2D eigenvalue weighted by Crippen LogP contribution is 2.40. The van der Waals surface area contributed by atoms with Crippen LogP contribution in [0.4, 0.5) is 0 Å². The monoisotopic (exact) mass is 338 g/mol. The van der Waals surface area contributed by atoms with E-state index in [4.69, 9.17) is 0 Å². The number of hydrogen-bond acceptors (Lipinski definition) is 2. The summed E-state index contributed by atoms with van der Waals surface area (Å²) >= 11 is 3.43. The lowest BCUT2D eigenvalue weighted by molar-refractivity contribution is 0.136. The smallest absolute Gasteiger partial charge is 0.106 e. The van der Waals surface area contributed by atoms with E-state index >= 15 is 0 Å². The Labute approximate surface area is 131 Å². The molecular formula is C17H27BrN2. The van der Waals surface area contributed by atoms with Gasteiger partial charge < -0.3 is 5.32 Å². The third-order valence-corrected chi connectivity index (χ3v) is 5.53. The van der Waals surface area contributed by atoms with Crippen molar-refractivity contribution in [3.63, 3.8) is 0 Å². The molecule has 1 aromatic heterocycles. The Morgan fingerprint density at radius 2 is 1.95 bits per heavy atom. The second-order valence-electron chi connectivity index (χ2n) is 6.72. The zero-order valence-corrected chi connectivity index (χ0v) is 14.5. The van der Waals surface area contributed by atoms with Gasteiger partial charge in [0, 0.05) is 12.6 Å². The summed E-state index contributed by atoms with van der Waals surface area (Å²) in [5.41, 5.74) is 1.63. The maximum atomic E-state index is 4.48. The van der Waals surface area contributed by atoms with E-state index in [-0.39, 0.29) is 0 Å². The van der Waals surface area contributed by atoms with Gasteiger partial charge in [-0.2, -0.15) is 0 Å². The quantitative estimate of drug-likeness (QED) is 0.770. The van der Waals surface area contributed by atoms with E-state index in [1.807, 2.05) is 6.07 Å². The number of nitrogens with one attached hydrogen (secondary N) is 1. The van der Waals surface area contributed by atoms with Gasteiger partial charge in [0.25, 0.3) is 0 Å². The minimum Gasteiger partial charge on any atom is -0.308 e. The highest BCUT2D eigenvalue weighted by atomic mass is 79.9. The van der Waals surface area contributed by atoms with E-state index in [1.165, 1.54) is 32.1 Å². The predicted octanol–water partition coefficient (Wildman–Crippen LogP) is 4.93. The van der Waals surface area contributed by atoms with Crippen molar-refractivity contribution in [2.45, 2.75) is 65.5 Å². The van der Waals surface area contributed by atoms with E-state index in [0.717, 1.165) is 22.8 Å². The van der Waals surface area contributed by atoms with Gasteiger partial charge in [0.05, 0.1) is 5.69 Å². The van der Waals surface area contributed by atoms with Crippen molar-refractivity contribution in [3.05, 3.63) is 28.5 Å². The Morgan fingerprint density at radius 1 is 1.25 bits per heavy atom. The molecule has 2 rings (SSSR count). The summed E-state index contributed by atoms with van der Waals surface area (Å²) < 4.78 is 0.921. The molecular weight excluding hydrogens is 312 g/mol. The van der Waals surface area contributed by atoms with E-state index in [1.54, 1.807) is 0 Å². The molecule has 0 amide bonds. The lowest BCUT2D eigenvalue weighted by atomic mass is 9.69.